The van der Waals surface area contributed by atoms with Gasteiger partial charge in [-0.3, -0.25) is 4.79 Å². The highest BCUT2D eigenvalue weighted by atomic mass is 16.8. The number of ether oxygens (including phenoxy) is 5. The van der Waals surface area contributed by atoms with Gasteiger partial charge in [-0.1, -0.05) is 207 Å². The average Bonchev–Trinajstić information content (AvgIpc) is 3.29. The van der Waals surface area contributed by atoms with Crippen LogP contribution in [0.5, 0.6) is 0 Å². The third kappa shape index (κ3) is 25.0. The molecule has 0 spiro atoms. The first-order valence-corrected chi connectivity index (χ1v) is 26.5. The highest BCUT2D eigenvalue weighted by Gasteiger charge is 2.53. The Morgan fingerprint density at radius 1 is 0.508 bits per heavy atom. The minimum absolute atomic E-state index is 0.0387. The van der Waals surface area contributed by atoms with Gasteiger partial charge >= 0.3 is 11.9 Å². The van der Waals surface area contributed by atoms with Gasteiger partial charge in [0.1, 0.15) is 36.6 Å². The number of unbranched alkanes of at least 4 members (excludes halogenated alkanes) is 27. The van der Waals surface area contributed by atoms with Gasteiger partial charge in [0.2, 0.25) is 6.29 Å². The fraction of sp³-hybridized carbons (Fsp3) is 0.923. The Hall–Kier alpha value is -1.68. The molecule has 0 saturated carbocycles. The molecule has 11 atom stereocenters. The lowest BCUT2D eigenvalue weighted by molar-refractivity contribution is -0.376. The number of aliphatic hydroxyl groups is 6. The summed E-state index contributed by atoms with van der Waals surface area (Å²) in [5.41, 5.74) is 0.302. The van der Waals surface area contributed by atoms with Crippen LogP contribution in [0, 0.1) is 5.92 Å². The van der Waals surface area contributed by atoms with E-state index in [0.717, 1.165) is 44.9 Å². The second-order valence-electron chi connectivity index (χ2n) is 19.3. The van der Waals surface area contributed by atoms with E-state index in [4.69, 9.17) is 23.7 Å². The summed E-state index contributed by atoms with van der Waals surface area (Å²) in [6.45, 7) is 6.71. The summed E-state index contributed by atoms with van der Waals surface area (Å²) in [5.74, 6) is -1.33. The molecule has 2 rings (SSSR count). The quantitative estimate of drug-likeness (QED) is 0.0194. The van der Waals surface area contributed by atoms with Crippen LogP contribution in [0.15, 0.2) is 11.6 Å². The van der Waals surface area contributed by atoms with E-state index in [0.29, 0.717) is 12.0 Å². The van der Waals surface area contributed by atoms with Crippen LogP contribution in [-0.4, -0.2) is 117 Å². The van der Waals surface area contributed by atoms with Crippen molar-refractivity contribution in [3.05, 3.63) is 11.6 Å². The van der Waals surface area contributed by atoms with Crippen molar-refractivity contribution in [1.82, 2.24) is 0 Å². The smallest absolute Gasteiger partial charge is 0.333 e. The van der Waals surface area contributed by atoms with Crippen LogP contribution < -0.4 is 0 Å². The van der Waals surface area contributed by atoms with Crippen molar-refractivity contribution >= 4 is 11.9 Å². The zero-order valence-corrected chi connectivity index (χ0v) is 41.3. The van der Waals surface area contributed by atoms with Crippen LogP contribution in [0.4, 0.5) is 0 Å². The molecule has 0 aromatic rings. The molecule has 10 unspecified atom stereocenters. The number of aliphatic hydroxyl groups excluding tert-OH is 6. The third-order valence-corrected chi connectivity index (χ3v) is 13.3. The monoisotopic (exact) mass is 929 g/mol. The van der Waals surface area contributed by atoms with Crippen molar-refractivity contribution < 1.29 is 63.9 Å². The number of allylic oxidation sites excluding steroid dienone is 1. The Balaban J connectivity index is 1.93. The lowest BCUT2D eigenvalue weighted by Gasteiger charge is -2.46. The Bertz CT molecular complexity index is 1220. The molecule has 65 heavy (non-hydrogen) atoms. The minimum Gasteiger partial charge on any atom is -0.453 e. The molecule has 2 heterocycles. The zero-order valence-electron chi connectivity index (χ0n) is 41.3. The highest BCUT2D eigenvalue weighted by molar-refractivity contribution is 5.88. The van der Waals surface area contributed by atoms with Gasteiger partial charge in [0, 0.05) is 12.0 Å². The molecule has 13 nitrogen and oxygen atoms in total. The van der Waals surface area contributed by atoms with Crippen LogP contribution in [0.1, 0.15) is 227 Å². The number of carbonyl (C=O) groups excluding carboxylic acids is 2. The first-order chi connectivity index (χ1) is 31.5. The zero-order chi connectivity index (χ0) is 47.7. The Kier molecular flexibility index (Phi) is 34.1. The van der Waals surface area contributed by atoms with E-state index in [-0.39, 0.29) is 12.3 Å². The molecule has 0 bridgehead atoms. The van der Waals surface area contributed by atoms with Crippen LogP contribution in [0.2, 0.25) is 0 Å². The number of hydrogen-bond acceptors (Lipinski definition) is 13. The van der Waals surface area contributed by atoms with E-state index < -0.39 is 86.6 Å². The third-order valence-electron chi connectivity index (χ3n) is 13.3. The number of hydrogen-bond donors (Lipinski definition) is 6. The summed E-state index contributed by atoms with van der Waals surface area (Å²) in [5, 5.41) is 62.7. The van der Waals surface area contributed by atoms with Crippen molar-refractivity contribution in [1.29, 1.82) is 0 Å². The molecule has 0 amide bonds. The van der Waals surface area contributed by atoms with Crippen LogP contribution >= 0.6 is 0 Å². The van der Waals surface area contributed by atoms with Gasteiger partial charge in [-0.05, 0) is 25.7 Å². The lowest BCUT2D eigenvalue weighted by Crippen LogP contribution is -2.65. The first-order valence-electron chi connectivity index (χ1n) is 26.5. The van der Waals surface area contributed by atoms with Crippen molar-refractivity contribution in [2.24, 2.45) is 5.92 Å². The van der Waals surface area contributed by atoms with E-state index in [1.807, 2.05) is 13.0 Å². The largest absolute Gasteiger partial charge is 0.453 e. The molecule has 2 aliphatic heterocycles. The van der Waals surface area contributed by atoms with Gasteiger partial charge < -0.3 is 54.3 Å². The van der Waals surface area contributed by atoms with Gasteiger partial charge in [0.25, 0.3) is 0 Å². The predicted molar refractivity (Wildman–Crippen MR) is 254 cm³/mol. The summed E-state index contributed by atoms with van der Waals surface area (Å²) >= 11 is 0. The fourth-order valence-corrected chi connectivity index (χ4v) is 9.03. The Morgan fingerprint density at radius 2 is 0.908 bits per heavy atom. The molecule has 2 aliphatic rings. The normalized spacial score (nSPS) is 26.6. The molecule has 382 valence electrons. The SMILES string of the molecule is CCCCCCCCCCCCCCCCCC[C@H](C)/C=C(\C)C(=O)OC1C(O)C(CO)OC(OC2OC(CO)C(O)C(O)C2O)C1OC(=O)CCCCCCCCCCCCCCC. The maximum Gasteiger partial charge on any atom is 0.333 e. The van der Waals surface area contributed by atoms with Crippen molar-refractivity contribution in [2.75, 3.05) is 13.2 Å². The summed E-state index contributed by atoms with van der Waals surface area (Å²) in [6, 6.07) is 0. The number of rotatable bonds is 39. The van der Waals surface area contributed by atoms with E-state index in [1.54, 1.807) is 6.92 Å². The molecule has 2 fully saturated rings. The fourth-order valence-electron chi connectivity index (χ4n) is 9.03. The lowest BCUT2D eigenvalue weighted by atomic mass is 9.97. The molecule has 6 N–H and O–H groups in total. The second-order valence-corrected chi connectivity index (χ2v) is 19.3. The summed E-state index contributed by atoms with van der Waals surface area (Å²) < 4.78 is 28.9. The van der Waals surface area contributed by atoms with E-state index >= 15 is 0 Å². The molecule has 0 aliphatic carbocycles. The summed E-state index contributed by atoms with van der Waals surface area (Å²) in [7, 11) is 0. The van der Waals surface area contributed by atoms with Gasteiger partial charge in [-0.2, -0.15) is 0 Å². The maximum absolute atomic E-state index is 13.6. The molecule has 2 saturated heterocycles. The van der Waals surface area contributed by atoms with Crippen LogP contribution in [0.3, 0.4) is 0 Å². The highest BCUT2D eigenvalue weighted by Crippen LogP contribution is 2.32. The predicted octanol–water partition coefficient (Wildman–Crippen LogP) is 9.42. The Morgan fingerprint density at radius 3 is 1.35 bits per heavy atom. The van der Waals surface area contributed by atoms with Gasteiger partial charge in [0.15, 0.2) is 18.5 Å². The van der Waals surface area contributed by atoms with E-state index in [1.165, 1.54) is 141 Å². The minimum atomic E-state index is -1.82. The van der Waals surface area contributed by atoms with Crippen LogP contribution in [-0.2, 0) is 33.3 Å². The molecule has 0 aromatic carbocycles. The maximum atomic E-state index is 13.6. The standard InChI is InChI=1S/C52H96O13/c1-5-7-9-11-13-15-17-19-20-21-23-24-26-28-30-32-34-39(3)36-40(4)50(60)64-48-45(57)42(38-54)62-52(65-51-47(59)46(58)44(56)41(37-53)61-51)49(48)63-43(55)35-33-31-29-27-25-22-18-16-14-12-10-8-6-2/h36,39,41-42,44-49,51-54,56-59H,5-35,37-38H2,1-4H3/b40-36+/t39-,41?,42?,44?,45?,46?,47?,48?,49?,51?,52?/m0/s1. The second kappa shape index (κ2) is 37.2. The van der Waals surface area contributed by atoms with Gasteiger partial charge in [-0.25, -0.2) is 4.79 Å². The summed E-state index contributed by atoms with van der Waals surface area (Å²) in [6.07, 6.45) is 22.3. The number of esters is 2. The molecular weight excluding hydrogens is 833 g/mol. The molecule has 0 aromatic heterocycles. The van der Waals surface area contributed by atoms with E-state index in [2.05, 4.69) is 13.8 Å². The average molecular weight is 929 g/mol. The summed E-state index contributed by atoms with van der Waals surface area (Å²) in [4.78, 5) is 27.0. The van der Waals surface area contributed by atoms with Crippen molar-refractivity contribution in [3.63, 3.8) is 0 Å². The molecular formula is C52H96O13. The molecule has 0 radical (unpaired) electrons. The topological polar surface area (TPSA) is 202 Å². The van der Waals surface area contributed by atoms with Crippen molar-refractivity contribution in [2.45, 2.75) is 288 Å². The van der Waals surface area contributed by atoms with Gasteiger partial charge in [0.05, 0.1) is 13.2 Å². The number of carbonyl (C=O) groups is 2. The van der Waals surface area contributed by atoms with E-state index in [9.17, 15) is 40.2 Å². The van der Waals surface area contributed by atoms with Crippen LogP contribution in [0.25, 0.3) is 0 Å². The molecule has 13 heteroatoms. The first kappa shape index (κ1) is 59.4. The van der Waals surface area contributed by atoms with Crippen molar-refractivity contribution in [3.8, 4) is 0 Å². The Labute approximate surface area is 393 Å². The van der Waals surface area contributed by atoms with Gasteiger partial charge in [-0.15, -0.1) is 0 Å².